The summed E-state index contributed by atoms with van der Waals surface area (Å²) in [7, 11) is -4.10. The van der Waals surface area contributed by atoms with Crippen LogP contribution in [0.2, 0.25) is 5.02 Å². The smallest absolute Gasteiger partial charge is 0.283 e. The van der Waals surface area contributed by atoms with Crippen LogP contribution < -0.4 is 4.72 Å². The second-order valence-electron chi connectivity index (χ2n) is 4.81. The summed E-state index contributed by atoms with van der Waals surface area (Å²) in [6.45, 7) is 0. The van der Waals surface area contributed by atoms with Crippen molar-refractivity contribution in [1.29, 1.82) is 0 Å². The Morgan fingerprint density at radius 1 is 1.12 bits per heavy atom. The van der Waals surface area contributed by atoms with Crippen LogP contribution in [0, 0.1) is 0 Å². The van der Waals surface area contributed by atoms with Crippen molar-refractivity contribution in [3.05, 3.63) is 56.7 Å². The molecular weight excluding hydrogens is 403 g/mol. The number of alkyl halides is 3. The SMILES string of the molecule is O=C(NS(=O)(=O)Cc1cccc(Cl)c1)c1ccc(C(=O)C(F)(F)F)s1. The van der Waals surface area contributed by atoms with E-state index in [4.69, 9.17) is 11.6 Å². The fraction of sp³-hybridized carbons (Fsp3) is 0.143. The van der Waals surface area contributed by atoms with Crippen LogP contribution in [0.3, 0.4) is 0 Å². The van der Waals surface area contributed by atoms with Crippen molar-refractivity contribution < 1.29 is 31.2 Å². The molecule has 5 nitrogen and oxygen atoms in total. The molecular formula is C14H9ClF3NO4S2. The highest BCUT2D eigenvalue weighted by Crippen LogP contribution is 2.26. The Bertz CT molecular complexity index is 922. The number of carbonyl (C=O) groups is 2. The highest BCUT2D eigenvalue weighted by molar-refractivity contribution is 7.89. The predicted octanol–water partition coefficient (Wildman–Crippen LogP) is 3.41. The van der Waals surface area contributed by atoms with Gasteiger partial charge in [-0.05, 0) is 29.8 Å². The molecule has 1 aromatic heterocycles. The first kappa shape index (κ1) is 19.4. The number of Topliss-reactive ketones (excluding diaryl/α,β-unsaturated/α-hetero) is 1. The minimum absolute atomic E-state index is 0.258. The van der Waals surface area contributed by atoms with E-state index in [0.29, 0.717) is 10.6 Å². The number of halogens is 4. The Balaban J connectivity index is 2.11. The van der Waals surface area contributed by atoms with Gasteiger partial charge in [-0.2, -0.15) is 13.2 Å². The van der Waals surface area contributed by atoms with Gasteiger partial charge in [-0.1, -0.05) is 23.7 Å². The van der Waals surface area contributed by atoms with Crippen molar-refractivity contribution in [2.24, 2.45) is 0 Å². The summed E-state index contributed by atoms with van der Waals surface area (Å²) in [6.07, 6.45) is -5.07. The van der Waals surface area contributed by atoms with Gasteiger partial charge in [0.25, 0.3) is 11.7 Å². The Morgan fingerprint density at radius 3 is 2.36 bits per heavy atom. The first-order valence-electron chi connectivity index (χ1n) is 6.48. The summed E-state index contributed by atoms with van der Waals surface area (Å²) < 4.78 is 62.7. The standard InChI is InChI=1S/C14H9ClF3NO4S2/c15-9-3-1-2-8(6-9)7-25(22,23)19-13(21)11-5-4-10(24-11)12(20)14(16,17)18/h1-6H,7H2,(H,19,21). The molecule has 0 saturated heterocycles. The molecule has 11 heteroatoms. The number of benzene rings is 1. The van der Waals surface area contributed by atoms with Gasteiger partial charge < -0.3 is 0 Å². The van der Waals surface area contributed by atoms with E-state index in [1.807, 2.05) is 0 Å². The number of hydrogen-bond acceptors (Lipinski definition) is 5. The van der Waals surface area contributed by atoms with Crippen LogP contribution in [0.25, 0.3) is 0 Å². The van der Waals surface area contributed by atoms with Gasteiger partial charge in [-0.3, -0.25) is 9.59 Å². The molecule has 25 heavy (non-hydrogen) atoms. The van der Waals surface area contributed by atoms with Crippen molar-refractivity contribution in [2.45, 2.75) is 11.9 Å². The number of sulfonamides is 1. The van der Waals surface area contributed by atoms with E-state index >= 15 is 0 Å². The van der Waals surface area contributed by atoms with Gasteiger partial charge in [-0.25, -0.2) is 13.1 Å². The van der Waals surface area contributed by atoms with E-state index in [0.717, 1.165) is 12.1 Å². The van der Waals surface area contributed by atoms with Crippen LogP contribution in [0.1, 0.15) is 24.9 Å². The molecule has 0 bridgehead atoms. The molecule has 134 valence electrons. The van der Waals surface area contributed by atoms with Gasteiger partial charge in [0.1, 0.15) is 0 Å². The normalized spacial score (nSPS) is 12.0. The summed E-state index contributed by atoms with van der Waals surface area (Å²) in [6, 6.07) is 7.73. The quantitative estimate of drug-likeness (QED) is 0.764. The van der Waals surface area contributed by atoms with Gasteiger partial charge in [-0.15, -0.1) is 11.3 Å². The predicted molar refractivity (Wildman–Crippen MR) is 86.2 cm³/mol. The summed E-state index contributed by atoms with van der Waals surface area (Å²) in [5.41, 5.74) is 0.326. The summed E-state index contributed by atoms with van der Waals surface area (Å²) >= 11 is 6.00. The van der Waals surface area contributed by atoms with Crippen LogP contribution in [-0.4, -0.2) is 26.3 Å². The average Bonchev–Trinajstić information content (AvgIpc) is 2.94. The topological polar surface area (TPSA) is 80.3 Å². The number of hydrogen-bond donors (Lipinski definition) is 1. The van der Waals surface area contributed by atoms with Gasteiger partial charge >= 0.3 is 6.18 Å². The van der Waals surface area contributed by atoms with Gasteiger partial charge in [0.2, 0.25) is 10.0 Å². The largest absolute Gasteiger partial charge is 0.455 e. The Morgan fingerprint density at radius 2 is 1.76 bits per heavy atom. The van der Waals surface area contributed by atoms with E-state index in [1.54, 1.807) is 10.8 Å². The molecule has 0 radical (unpaired) electrons. The fourth-order valence-corrected chi connectivity index (χ4v) is 4.02. The van der Waals surface area contributed by atoms with Crippen molar-refractivity contribution in [3.63, 3.8) is 0 Å². The molecule has 0 unspecified atom stereocenters. The number of rotatable bonds is 5. The first-order chi connectivity index (χ1) is 11.5. The second-order valence-corrected chi connectivity index (χ2v) is 8.05. The highest BCUT2D eigenvalue weighted by atomic mass is 35.5. The molecule has 1 aromatic carbocycles. The van der Waals surface area contributed by atoms with Crippen molar-refractivity contribution in [3.8, 4) is 0 Å². The molecule has 0 aliphatic carbocycles. The van der Waals surface area contributed by atoms with E-state index < -0.39 is 38.5 Å². The molecule has 0 atom stereocenters. The second kappa shape index (κ2) is 7.14. The summed E-state index contributed by atoms with van der Waals surface area (Å²) in [4.78, 5) is 22.0. The Labute approximate surface area is 149 Å². The van der Waals surface area contributed by atoms with Crippen LogP contribution in [0.4, 0.5) is 13.2 Å². The maximum Gasteiger partial charge on any atom is 0.455 e. The molecule has 0 aliphatic rings. The molecule has 2 aromatic rings. The average molecular weight is 412 g/mol. The molecule has 0 spiro atoms. The van der Waals surface area contributed by atoms with Gasteiger partial charge in [0.15, 0.2) is 0 Å². The van der Waals surface area contributed by atoms with E-state index in [2.05, 4.69) is 0 Å². The monoisotopic (exact) mass is 411 g/mol. The Hall–Kier alpha value is -1.91. The van der Waals surface area contributed by atoms with E-state index in [1.165, 1.54) is 18.2 Å². The number of thiophene rings is 1. The lowest BCUT2D eigenvalue weighted by molar-refractivity contribution is -0.0882. The lowest BCUT2D eigenvalue weighted by Gasteiger charge is -2.06. The highest BCUT2D eigenvalue weighted by Gasteiger charge is 2.40. The Kier molecular flexibility index (Phi) is 5.55. The maximum absolute atomic E-state index is 12.3. The zero-order chi connectivity index (χ0) is 18.8. The van der Waals surface area contributed by atoms with Crippen LogP contribution in [-0.2, 0) is 15.8 Å². The van der Waals surface area contributed by atoms with Gasteiger partial charge in [0.05, 0.1) is 15.5 Å². The number of carbonyl (C=O) groups excluding carboxylic acids is 2. The lowest BCUT2D eigenvalue weighted by atomic mass is 10.2. The third kappa shape index (κ3) is 5.28. The molecule has 0 fully saturated rings. The maximum atomic E-state index is 12.3. The third-order valence-electron chi connectivity index (χ3n) is 2.80. The third-order valence-corrected chi connectivity index (χ3v) is 5.33. The van der Waals surface area contributed by atoms with Crippen LogP contribution in [0.15, 0.2) is 36.4 Å². The number of ketones is 1. The molecule has 1 N–H and O–H groups in total. The van der Waals surface area contributed by atoms with Crippen molar-refractivity contribution in [1.82, 2.24) is 4.72 Å². The zero-order valence-corrected chi connectivity index (χ0v) is 14.5. The number of nitrogens with one attached hydrogen (secondary N) is 1. The molecule has 1 heterocycles. The van der Waals surface area contributed by atoms with Crippen LogP contribution >= 0.6 is 22.9 Å². The van der Waals surface area contributed by atoms with E-state index in [-0.39, 0.29) is 16.2 Å². The van der Waals surface area contributed by atoms with Gasteiger partial charge in [0, 0.05) is 5.02 Å². The molecule has 0 aliphatic heterocycles. The molecule has 0 saturated carbocycles. The summed E-state index contributed by atoms with van der Waals surface area (Å²) in [5.74, 6) is -3.76. The fourth-order valence-electron chi connectivity index (χ4n) is 1.80. The minimum Gasteiger partial charge on any atom is -0.283 e. The lowest BCUT2D eigenvalue weighted by Crippen LogP contribution is -2.31. The zero-order valence-electron chi connectivity index (χ0n) is 12.1. The molecule has 1 amide bonds. The van der Waals surface area contributed by atoms with Crippen molar-refractivity contribution >= 4 is 44.7 Å². The first-order valence-corrected chi connectivity index (χ1v) is 9.33. The minimum atomic E-state index is -5.07. The summed E-state index contributed by atoms with van der Waals surface area (Å²) in [5, 5.41) is 0.313. The van der Waals surface area contributed by atoms with Crippen molar-refractivity contribution in [2.75, 3.05) is 0 Å². The van der Waals surface area contributed by atoms with Crippen LogP contribution in [0.5, 0.6) is 0 Å². The molecule has 2 rings (SSSR count). The van der Waals surface area contributed by atoms with E-state index in [9.17, 15) is 31.2 Å². The number of amides is 1.